The Balaban J connectivity index is 2.40. The average molecular weight is 257 g/mol. The molecule has 0 aromatic heterocycles. The van der Waals surface area contributed by atoms with Crippen LogP contribution in [-0.4, -0.2) is 34.2 Å². The minimum absolute atomic E-state index is 0.420. The third-order valence-corrected chi connectivity index (χ3v) is 20.6. The lowest BCUT2D eigenvalue weighted by molar-refractivity contribution is 0.173. The molecule has 0 aromatic carbocycles. The first kappa shape index (κ1) is 13.8. The number of hydrogen-bond acceptors (Lipinski definition) is 3. The van der Waals surface area contributed by atoms with Crippen molar-refractivity contribution in [3.05, 3.63) is 0 Å². The van der Waals surface area contributed by atoms with Crippen LogP contribution in [0.2, 0.25) is 32.2 Å². The van der Waals surface area contributed by atoms with Crippen LogP contribution >= 0.6 is 0 Å². The third kappa shape index (κ3) is 3.38. The maximum absolute atomic E-state index is 9.93. The highest BCUT2D eigenvalue weighted by Crippen LogP contribution is 2.34. The Bertz CT molecular complexity index is 286. The van der Waals surface area contributed by atoms with E-state index in [0.717, 1.165) is 12.8 Å². The van der Waals surface area contributed by atoms with Crippen LogP contribution in [0.4, 0.5) is 0 Å². The van der Waals surface area contributed by atoms with E-state index >= 15 is 0 Å². The van der Waals surface area contributed by atoms with Gasteiger partial charge < -0.3 is 4.43 Å². The van der Waals surface area contributed by atoms with Crippen LogP contribution in [0, 0.1) is 0 Å². The Labute approximate surface area is 100 Å². The Morgan fingerprint density at radius 2 is 2.06 bits per heavy atom. The van der Waals surface area contributed by atoms with Crippen LogP contribution in [0.15, 0.2) is 4.99 Å². The lowest BCUT2D eigenvalue weighted by Gasteiger charge is -2.45. The number of isocyanates is 1. The summed E-state index contributed by atoms with van der Waals surface area (Å²) in [5, 5.41) is 0. The lowest BCUT2D eigenvalue weighted by Crippen LogP contribution is -2.61. The first-order valence-corrected chi connectivity index (χ1v) is 13.2. The van der Waals surface area contributed by atoms with Gasteiger partial charge in [0.2, 0.25) is 6.08 Å². The topological polar surface area (TPSA) is 38.7 Å². The summed E-state index contributed by atoms with van der Waals surface area (Å²) in [7, 11) is -2.50. The summed E-state index contributed by atoms with van der Waals surface area (Å²) in [6.45, 7) is 10.3. The molecule has 1 aliphatic rings. The van der Waals surface area contributed by atoms with Gasteiger partial charge in [0.05, 0.1) is 14.1 Å². The zero-order valence-electron chi connectivity index (χ0n) is 10.9. The molecule has 1 fully saturated rings. The van der Waals surface area contributed by atoms with E-state index in [1.54, 1.807) is 6.08 Å². The molecule has 0 N–H and O–H groups in total. The van der Waals surface area contributed by atoms with Crippen molar-refractivity contribution in [2.45, 2.75) is 57.6 Å². The molecule has 0 amide bonds. The fraction of sp³-hybridized carbons (Fsp3) is 0.909. The normalized spacial score (nSPS) is 27.1. The largest absolute Gasteiger partial charge is 0.417 e. The van der Waals surface area contributed by atoms with Crippen molar-refractivity contribution in [3.8, 4) is 0 Å². The van der Waals surface area contributed by atoms with Crippen LogP contribution in [0.3, 0.4) is 0 Å². The first-order valence-electron chi connectivity index (χ1n) is 6.10. The predicted octanol–water partition coefficient (Wildman–Crippen LogP) is 2.88. The van der Waals surface area contributed by atoms with Crippen molar-refractivity contribution in [1.82, 2.24) is 0 Å². The van der Waals surface area contributed by atoms with Crippen molar-refractivity contribution in [2.75, 3.05) is 6.54 Å². The number of carbonyl (C=O) groups excluding carboxylic acids is 1. The van der Waals surface area contributed by atoms with Crippen LogP contribution < -0.4 is 0 Å². The van der Waals surface area contributed by atoms with Crippen LogP contribution in [0.5, 0.6) is 0 Å². The summed E-state index contributed by atoms with van der Waals surface area (Å²) >= 11 is 0. The van der Waals surface area contributed by atoms with E-state index in [1.807, 2.05) is 0 Å². The van der Waals surface area contributed by atoms with Crippen LogP contribution in [0.25, 0.3) is 0 Å². The minimum atomic E-state index is -1.42. The molecule has 0 aromatic rings. The van der Waals surface area contributed by atoms with Crippen molar-refractivity contribution in [1.29, 1.82) is 0 Å². The van der Waals surface area contributed by atoms with Gasteiger partial charge in [0.1, 0.15) is 0 Å². The summed E-state index contributed by atoms with van der Waals surface area (Å²) in [6.07, 6.45) is 5.21. The van der Waals surface area contributed by atoms with E-state index in [9.17, 15) is 4.79 Å². The summed E-state index contributed by atoms with van der Waals surface area (Å²) < 4.78 is 6.33. The predicted molar refractivity (Wildman–Crippen MR) is 71.5 cm³/mol. The van der Waals surface area contributed by atoms with Crippen molar-refractivity contribution < 1.29 is 9.22 Å². The van der Waals surface area contributed by atoms with Crippen LogP contribution in [0.1, 0.15) is 19.3 Å². The molecule has 0 saturated carbocycles. The van der Waals surface area contributed by atoms with E-state index in [2.05, 4.69) is 31.2 Å². The highest BCUT2D eigenvalue weighted by Gasteiger charge is 2.47. The Kier molecular flexibility index (Phi) is 4.67. The zero-order chi connectivity index (χ0) is 12.2. The molecule has 1 aliphatic heterocycles. The molecule has 0 aliphatic carbocycles. The summed E-state index contributed by atoms with van der Waals surface area (Å²) in [6, 6.07) is 1.40. The molecule has 16 heavy (non-hydrogen) atoms. The Morgan fingerprint density at radius 3 is 2.62 bits per heavy atom. The Morgan fingerprint density at radius 1 is 1.38 bits per heavy atom. The van der Waals surface area contributed by atoms with Gasteiger partial charge in [0.15, 0.2) is 7.83 Å². The van der Waals surface area contributed by atoms with Crippen molar-refractivity contribution >= 4 is 21.5 Å². The number of rotatable bonds is 4. The zero-order valence-corrected chi connectivity index (χ0v) is 12.9. The molecule has 1 rings (SSSR count). The highest BCUT2D eigenvalue weighted by atomic mass is 29.3. The molecule has 3 nitrogen and oxygen atoms in total. The van der Waals surface area contributed by atoms with Crippen molar-refractivity contribution in [3.63, 3.8) is 0 Å². The van der Waals surface area contributed by atoms with E-state index in [0.29, 0.717) is 12.6 Å². The standard InChI is InChI=1S/C11H23NO2Si2/c1-15(2)9-7-11(14-16(15,3)4)6-5-8-12-10-13/h11H,5-9H2,1-4H3. The second-order valence-corrected chi connectivity index (χ2v) is 21.0. The number of nitrogens with zero attached hydrogens (tertiary/aromatic N) is 1. The number of aliphatic imine (C=N–C) groups is 1. The van der Waals surface area contributed by atoms with E-state index in [4.69, 9.17) is 4.43 Å². The molecule has 0 radical (unpaired) electrons. The molecule has 1 saturated heterocycles. The molecule has 1 unspecified atom stereocenters. The maximum Gasteiger partial charge on any atom is 0.234 e. The van der Waals surface area contributed by atoms with Gasteiger partial charge in [-0.2, -0.15) is 0 Å². The quantitative estimate of drug-likeness (QED) is 0.336. The van der Waals surface area contributed by atoms with Gasteiger partial charge in [-0.3, -0.25) is 0 Å². The molecule has 92 valence electrons. The lowest BCUT2D eigenvalue weighted by atomic mass is 10.1. The fourth-order valence-electron chi connectivity index (χ4n) is 2.10. The smallest absolute Gasteiger partial charge is 0.234 e. The van der Waals surface area contributed by atoms with Crippen LogP contribution in [-0.2, 0) is 9.22 Å². The maximum atomic E-state index is 9.93. The summed E-state index contributed by atoms with van der Waals surface area (Å²) in [5.41, 5.74) is 0. The van der Waals surface area contributed by atoms with E-state index in [1.165, 1.54) is 12.5 Å². The molecular weight excluding hydrogens is 234 g/mol. The minimum Gasteiger partial charge on any atom is -0.417 e. The Hall–Kier alpha value is -0.226. The van der Waals surface area contributed by atoms with Crippen molar-refractivity contribution in [2.24, 2.45) is 4.99 Å². The second-order valence-electron chi connectivity index (χ2n) is 5.79. The molecule has 0 spiro atoms. The highest BCUT2D eigenvalue weighted by molar-refractivity contribution is 7.38. The molecule has 1 heterocycles. The van der Waals surface area contributed by atoms with Gasteiger partial charge >= 0.3 is 0 Å². The summed E-state index contributed by atoms with van der Waals surface area (Å²) in [4.78, 5) is 13.5. The fourth-order valence-corrected chi connectivity index (χ4v) is 8.83. The van der Waals surface area contributed by atoms with E-state index < -0.39 is 15.4 Å². The number of hydrogen-bond donors (Lipinski definition) is 0. The van der Waals surface area contributed by atoms with E-state index in [-0.39, 0.29) is 0 Å². The van der Waals surface area contributed by atoms with Gasteiger partial charge in [-0.15, -0.1) is 0 Å². The SMILES string of the molecule is C[Si]1(C)CCC(CCCN=C=O)O[Si]1(C)C. The van der Waals surface area contributed by atoms with Gasteiger partial charge in [-0.25, -0.2) is 9.79 Å². The van der Waals surface area contributed by atoms with Gasteiger partial charge in [0, 0.05) is 6.10 Å². The molecule has 1 atom stereocenters. The molecule has 5 heteroatoms. The first-order chi connectivity index (χ1) is 7.39. The van der Waals surface area contributed by atoms with Gasteiger partial charge in [-0.05, 0) is 32.4 Å². The average Bonchev–Trinajstić information content (AvgIpc) is 2.18. The monoisotopic (exact) mass is 257 g/mol. The molecule has 0 bridgehead atoms. The van der Waals surface area contributed by atoms with Gasteiger partial charge in [-0.1, -0.05) is 19.1 Å². The molecular formula is C11H23NO2Si2. The second kappa shape index (κ2) is 5.40. The third-order valence-electron chi connectivity index (χ3n) is 4.04. The summed E-state index contributed by atoms with van der Waals surface area (Å²) in [5.74, 6) is 0. The van der Waals surface area contributed by atoms with Gasteiger partial charge in [0.25, 0.3) is 0 Å².